The Morgan fingerprint density at radius 2 is 1.89 bits per heavy atom. The Morgan fingerprint density at radius 1 is 1.19 bits per heavy atom. The van der Waals surface area contributed by atoms with Gasteiger partial charge in [-0.05, 0) is 67.0 Å². The molecular formula is C20H21FN4OS. The van der Waals surface area contributed by atoms with Crippen LogP contribution in [0.3, 0.4) is 0 Å². The summed E-state index contributed by atoms with van der Waals surface area (Å²) in [5.41, 5.74) is 2.04. The highest BCUT2D eigenvalue weighted by Gasteiger charge is 2.29. The molecule has 0 unspecified atom stereocenters. The number of nitrogens with one attached hydrogen (secondary N) is 1. The number of hydrogen-bond acceptors (Lipinski definition) is 4. The van der Waals surface area contributed by atoms with E-state index < -0.39 is 0 Å². The van der Waals surface area contributed by atoms with Crippen molar-refractivity contribution in [3.63, 3.8) is 0 Å². The third-order valence-electron chi connectivity index (χ3n) is 4.73. The highest BCUT2D eigenvalue weighted by molar-refractivity contribution is 7.71. The van der Waals surface area contributed by atoms with Crippen molar-refractivity contribution in [1.29, 1.82) is 0 Å². The van der Waals surface area contributed by atoms with Crippen molar-refractivity contribution in [3.8, 4) is 17.1 Å². The van der Waals surface area contributed by atoms with Crippen LogP contribution in [-0.4, -0.2) is 32.8 Å². The first-order valence-electron chi connectivity index (χ1n) is 8.92. The van der Waals surface area contributed by atoms with E-state index in [2.05, 4.69) is 15.0 Å². The second-order valence-corrected chi connectivity index (χ2v) is 7.12. The van der Waals surface area contributed by atoms with E-state index in [0.717, 1.165) is 29.2 Å². The fourth-order valence-corrected chi connectivity index (χ4v) is 3.27. The van der Waals surface area contributed by atoms with Crippen molar-refractivity contribution in [2.75, 3.05) is 7.11 Å². The van der Waals surface area contributed by atoms with Crippen LogP contribution in [0.2, 0.25) is 0 Å². The summed E-state index contributed by atoms with van der Waals surface area (Å²) >= 11 is 5.45. The fourth-order valence-electron chi connectivity index (χ4n) is 3.07. The summed E-state index contributed by atoms with van der Waals surface area (Å²) in [4.78, 5) is 6.84. The molecule has 1 aliphatic rings. The van der Waals surface area contributed by atoms with Gasteiger partial charge in [-0.2, -0.15) is 4.98 Å². The maximum Gasteiger partial charge on any atom is 0.217 e. The third-order valence-corrected chi connectivity index (χ3v) is 5.04. The normalized spacial score (nSPS) is 13.9. The van der Waals surface area contributed by atoms with Crippen LogP contribution in [0.4, 0.5) is 4.39 Å². The molecule has 5 nitrogen and oxygen atoms in total. The minimum absolute atomic E-state index is 0.211. The first-order chi connectivity index (χ1) is 13.1. The van der Waals surface area contributed by atoms with Crippen LogP contribution in [-0.2, 0) is 13.2 Å². The summed E-state index contributed by atoms with van der Waals surface area (Å²) in [6, 6.07) is 14.9. The van der Waals surface area contributed by atoms with Crippen molar-refractivity contribution >= 4 is 12.2 Å². The van der Waals surface area contributed by atoms with E-state index in [1.54, 1.807) is 7.11 Å². The molecule has 1 N–H and O–H groups in total. The summed E-state index contributed by atoms with van der Waals surface area (Å²) in [7, 11) is 1.64. The van der Waals surface area contributed by atoms with Gasteiger partial charge in [-0.1, -0.05) is 12.1 Å². The van der Waals surface area contributed by atoms with Crippen molar-refractivity contribution in [1.82, 2.24) is 19.7 Å². The number of rotatable bonds is 7. The van der Waals surface area contributed by atoms with Crippen molar-refractivity contribution in [2.24, 2.45) is 0 Å². The Labute approximate surface area is 162 Å². The molecule has 0 radical (unpaired) electrons. The molecule has 0 amide bonds. The lowest BCUT2D eigenvalue weighted by molar-refractivity contribution is 0.187. The van der Waals surface area contributed by atoms with E-state index in [1.165, 1.54) is 25.0 Å². The summed E-state index contributed by atoms with van der Waals surface area (Å²) < 4.78 is 20.8. The van der Waals surface area contributed by atoms with Gasteiger partial charge in [0, 0.05) is 18.2 Å². The molecule has 1 heterocycles. The van der Waals surface area contributed by atoms with Crippen LogP contribution < -0.4 is 4.74 Å². The molecule has 0 spiro atoms. The molecule has 7 heteroatoms. The molecule has 2 aromatic carbocycles. The van der Waals surface area contributed by atoms with E-state index in [1.807, 2.05) is 41.1 Å². The van der Waals surface area contributed by atoms with Crippen LogP contribution in [0.1, 0.15) is 18.4 Å². The summed E-state index contributed by atoms with van der Waals surface area (Å²) in [6.45, 7) is 1.38. The summed E-state index contributed by atoms with van der Waals surface area (Å²) in [6.07, 6.45) is 2.35. The molecule has 1 aliphatic carbocycles. The Kier molecular flexibility index (Phi) is 5.05. The number of ether oxygens (including phenoxy) is 1. The molecule has 4 rings (SSSR count). The van der Waals surface area contributed by atoms with Gasteiger partial charge >= 0.3 is 0 Å². The van der Waals surface area contributed by atoms with Gasteiger partial charge in [0.2, 0.25) is 4.77 Å². The smallest absolute Gasteiger partial charge is 0.217 e. The molecule has 3 aromatic rings. The topological polar surface area (TPSA) is 46.1 Å². The summed E-state index contributed by atoms with van der Waals surface area (Å²) in [5.74, 6) is 1.33. The molecule has 0 aliphatic heterocycles. The molecule has 1 aromatic heterocycles. The monoisotopic (exact) mass is 384 g/mol. The van der Waals surface area contributed by atoms with Gasteiger partial charge in [0.05, 0.1) is 13.8 Å². The SMILES string of the molecule is COc1ccc(-c2nc(=S)n(CN(Cc3ccc(F)cc3)C3CC3)[nH]2)cc1. The average Bonchev–Trinajstić information content (AvgIpc) is 3.47. The first kappa shape index (κ1) is 17.9. The van der Waals surface area contributed by atoms with Gasteiger partial charge in [-0.3, -0.25) is 10.00 Å². The molecule has 27 heavy (non-hydrogen) atoms. The van der Waals surface area contributed by atoms with Crippen molar-refractivity contribution < 1.29 is 9.13 Å². The number of hydrogen-bond donors (Lipinski definition) is 1. The highest BCUT2D eigenvalue weighted by atomic mass is 32.1. The third kappa shape index (κ3) is 4.26. The van der Waals surface area contributed by atoms with Gasteiger partial charge in [-0.25, -0.2) is 9.07 Å². The maximum absolute atomic E-state index is 13.2. The number of aromatic nitrogens is 3. The minimum atomic E-state index is -0.211. The minimum Gasteiger partial charge on any atom is -0.497 e. The Hall–Kier alpha value is -2.51. The molecular weight excluding hydrogens is 363 g/mol. The zero-order valence-corrected chi connectivity index (χ0v) is 15.9. The van der Waals surface area contributed by atoms with Gasteiger partial charge in [0.25, 0.3) is 0 Å². The summed E-state index contributed by atoms with van der Waals surface area (Å²) in [5, 5.41) is 3.30. The van der Waals surface area contributed by atoms with Gasteiger partial charge in [0.15, 0.2) is 5.82 Å². The quantitative estimate of drug-likeness (QED) is 0.614. The average molecular weight is 384 g/mol. The van der Waals surface area contributed by atoms with Gasteiger partial charge in [-0.15, -0.1) is 0 Å². The second-order valence-electron chi connectivity index (χ2n) is 6.76. The lowest BCUT2D eigenvalue weighted by Gasteiger charge is -2.22. The van der Waals surface area contributed by atoms with Crippen LogP contribution in [0.15, 0.2) is 48.5 Å². The highest BCUT2D eigenvalue weighted by Crippen LogP contribution is 2.29. The Morgan fingerprint density at radius 3 is 2.52 bits per heavy atom. The Balaban J connectivity index is 1.52. The van der Waals surface area contributed by atoms with Crippen LogP contribution >= 0.6 is 12.2 Å². The largest absolute Gasteiger partial charge is 0.497 e. The lowest BCUT2D eigenvalue weighted by Crippen LogP contribution is -2.28. The zero-order chi connectivity index (χ0) is 18.8. The van der Waals surface area contributed by atoms with Crippen LogP contribution in [0, 0.1) is 10.6 Å². The number of H-pyrrole nitrogens is 1. The molecule has 1 saturated carbocycles. The number of methoxy groups -OCH3 is 1. The molecule has 0 atom stereocenters. The zero-order valence-electron chi connectivity index (χ0n) is 15.1. The number of nitrogens with zero attached hydrogens (tertiary/aromatic N) is 3. The number of aromatic amines is 1. The second kappa shape index (κ2) is 7.62. The first-order valence-corrected chi connectivity index (χ1v) is 9.33. The lowest BCUT2D eigenvalue weighted by atomic mass is 10.2. The number of benzene rings is 2. The maximum atomic E-state index is 13.2. The molecule has 0 bridgehead atoms. The van der Waals surface area contributed by atoms with Gasteiger partial charge in [0.1, 0.15) is 11.6 Å². The van der Waals surface area contributed by atoms with Crippen molar-refractivity contribution in [3.05, 3.63) is 64.7 Å². The predicted octanol–water partition coefficient (Wildman–Crippen LogP) is 4.38. The standard InChI is InChI=1S/C20H21FN4OS/c1-26-18-10-4-15(5-11-18)19-22-20(27)25(23-19)13-24(17-8-9-17)12-14-2-6-16(21)7-3-14/h2-7,10-11,17H,8-9,12-13H2,1H3,(H,22,23,27). The predicted molar refractivity (Wildman–Crippen MR) is 104 cm³/mol. The fraction of sp³-hybridized carbons (Fsp3) is 0.300. The van der Waals surface area contributed by atoms with E-state index in [9.17, 15) is 4.39 Å². The van der Waals surface area contributed by atoms with Crippen LogP contribution in [0.25, 0.3) is 11.4 Å². The van der Waals surface area contributed by atoms with Gasteiger partial charge < -0.3 is 4.74 Å². The Bertz CT molecular complexity index is 961. The van der Waals surface area contributed by atoms with E-state index in [0.29, 0.717) is 17.5 Å². The molecule has 0 saturated heterocycles. The number of halogens is 1. The van der Waals surface area contributed by atoms with Crippen LogP contribution in [0.5, 0.6) is 5.75 Å². The van der Waals surface area contributed by atoms with Crippen molar-refractivity contribution in [2.45, 2.75) is 32.1 Å². The molecule has 1 fully saturated rings. The molecule has 140 valence electrons. The van der Waals surface area contributed by atoms with E-state index in [-0.39, 0.29) is 5.82 Å². The van der Waals surface area contributed by atoms with E-state index in [4.69, 9.17) is 17.0 Å². The van der Waals surface area contributed by atoms with E-state index >= 15 is 0 Å².